The van der Waals surface area contributed by atoms with Crippen molar-refractivity contribution in [3.05, 3.63) is 28.8 Å². The fourth-order valence-corrected chi connectivity index (χ4v) is 2.41. The molecule has 0 spiro atoms. The molecule has 1 amide bonds. The highest BCUT2D eigenvalue weighted by Crippen LogP contribution is 2.24. The standard InChI is InChI=1S/C13H18ClNO2S/c1-9-11(14)5-3-6-12(9)15-13(17)10(2)18-8-4-7-16/h3,5-6,10,16H,4,7-8H2,1-2H3,(H,15,17). The van der Waals surface area contributed by atoms with E-state index in [4.69, 9.17) is 16.7 Å². The van der Waals surface area contributed by atoms with Gasteiger partial charge in [-0.25, -0.2) is 0 Å². The maximum absolute atomic E-state index is 11.9. The molecule has 1 aromatic rings. The van der Waals surface area contributed by atoms with Crippen molar-refractivity contribution in [3.63, 3.8) is 0 Å². The summed E-state index contributed by atoms with van der Waals surface area (Å²) in [5, 5.41) is 12.1. The first-order chi connectivity index (χ1) is 8.56. The average Bonchev–Trinajstić information content (AvgIpc) is 2.35. The molecule has 1 aromatic carbocycles. The lowest BCUT2D eigenvalue weighted by molar-refractivity contribution is -0.115. The van der Waals surface area contributed by atoms with Crippen LogP contribution in [0.2, 0.25) is 5.02 Å². The van der Waals surface area contributed by atoms with Gasteiger partial charge in [-0.05, 0) is 43.7 Å². The summed E-state index contributed by atoms with van der Waals surface area (Å²) in [4.78, 5) is 11.9. The largest absolute Gasteiger partial charge is 0.396 e. The van der Waals surface area contributed by atoms with Crippen molar-refractivity contribution < 1.29 is 9.90 Å². The number of nitrogens with one attached hydrogen (secondary N) is 1. The summed E-state index contributed by atoms with van der Waals surface area (Å²) in [6, 6.07) is 5.45. The van der Waals surface area contributed by atoms with Crippen LogP contribution in [0.4, 0.5) is 5.69 Å². The molecule has 0 aromatic heterocycles. The zero-order valence-corrected chi connectivity index (χ0v) is 12.1. The third-order valence-corrected chi connectivity index (χ3v) is 4.21. The summed E-state index contributed by atoms with van der Waals surface area (Å²) in [5.74, 6) is 0.739. The van der Waals surface area contributed by atoms with Crippen LogP contribution in [0.1, 0.15) is 18.9 Å². The Hall–Kier alpha value is -0.710. The van der Waals surface area contributed by atoms with Gasteiger partial charge in [-0.2, -0.15) is 0 Å². The Morgan fingerprint density at radius 3 is 2.94 bits per heavy atom. The molecule has 1 atom stereocenters. The lowest BCUT2D eigenvalue weighted by atomic mass is 10.2. The lowest BCUT2D eigenvalue weighted by Crippen LogP contribution is -2.23. The van der Waals surface area contributed by atoms with E-state index in [0.29, 0.717) is 11.4 Å². The van der Waals surface area contributed by atoms with Gasteiger partial charge in [-0.1, -0.05) is 17.7 Å². The Kier molecular flexibility index (Phi) is 6.54. The predicted octanol–water partition coefficient (Wildman–Crippen LogP) is 3.09. The Bertz CT molecular complexity index is 412. The maximum Gasteiger partial charge on any atom is 0.237 e. The van der Waals surface area contributed by atoms with E-state index < -0.39 is 0 Å². The van der Waals surface area contributed by atoms with Gasteiger partial charge in [0.2, 0.25) is 5.91 Å². The fourth-order valence-electron chi connectivity index (χ4n) is 1.38. The number of rotatable bonds is 6. The smallest absolute Gasteiger partial charge is 0.237 e. The number of benzene rings is 1. The first-order valence-corrected chi connectivity index (χ1v) is 7.27. The molecule has 0 aliphatic carbocycles. The summed E-state index contributed by atoms with van der Waals surface area (Å²) in [5.41, 5.74) is 1.63. The van der Waals surface area contributed by atoms with E-state index in [1.807, 2.05) is 26.0 Å². The van der Waals surface area contributed by atoms with Crippen LogP contribution in [0.25, 0.3) is 0 Å². The molecule has 0 radical (unpaired) electrons. The van der Waals surface area contributed by atoms with Gasteiger partial charge in [0.05, 0.1) is 5.25 Å². The number of anilines is 1. The molecule has 0 heterocycles. The molecule has 0 bridgehead atoms. The van der Waals surface area contributed by atoms with Crippen LogP contribution < -0.4 is 5.32 Å². The summed E-state index contributed by atoms with van der Waals surface area (Å²) in [6.45, 7) is 3.90. The van der Waals surface area contributed by atoms with Crippen LogP contribution in [-0.2, 0) is 4.79 Å². The topological polar surface area (TPSA) is 49.3 Å². The van der Waals surface area contributed by atoms with Crippen molar-refractivity contribution in [2.24, 2.45) is 0 Å². The summed E-state index contributed by atoms with van der Waals surface area (Å²) in [7, 11) is 0. The minimum atomic E-state index is -0.144. The Labute approximate surface area is 117 Å². The molecule has 1 rings (SSSR count). The second-order valence-corrected chi connectivity index (χ2v) is 5.85. The van der Waals surface area contributed by atoms with Crippen molar-refractivity contribution in [2.75, 3.05) is 17.7 Å². The van der Waals surface area contributed by atoms with Gasteiger partial charge in [-0.3, -0.25) is 4.79 Å². The van der Waals surface area contributed by atoms with Crippen LogP contribution in [0, 0.1) is 6.92 Å². The SMILES string of the molecule is Cc1c(Cl)cccc1NC(=O)C(C)SCCCO. The third-order valence-electron chi connectivity index (χ3n) is 2.57. The van der Waals surface area contributed by atoms with Gasteiger partial charge in [-0.15, -0.1) is 11.8 Å². The maximum atomic E-state index is 11.9. The zero-order chi connectivity index (χ0) is 13.5. The molecule has 0 aliphatic rings. The number of aliphatic hydroxyl groups excluding tert-OH is 1. The minimum absolute atomic E-state index is 0.0386. The number of aliphatic hydroxyl groups is 1. The van der Waals surface area contributed by atoms with Gasteiger partial charge in [0.25, 0.3) is 0 Å². The van der Waals surface area contributed by atoms with Crippen molar-refractivity contribution >= 4 is 35.0 Å². The molecule has 18 heavy (non-hydrogen) atoms. The molecule has 0 saturated heterocycles. The molecule has 2 N–H and O–H groups in total. The van der Waals surface area contributed by atoms with Gasteiger partial charge >= 0.3 is 0 Å². The highest BCUT2D eigenvalue weighted by Gasteiger charge is 2.14. The average molecular weight is 288 g/mol. The van der Waals surface area contributed by atoms with Crippen molar-refractivity contribution in [3.8, 4) is 0 Å². The van der Waals surface area contributed by atoms with Crippen LogP contribution in [0.5, 0.6) is 0 Å². The number of carbonyl (C=O) groups excluding carboxylic acids is 1. The van der Waals surface area contributed by atoms with E-state index in [0.717, 1.165) is 17.0 Å². The number of thioether (sulfide) groups is 1. The second-order valence-electron chi connectivity index (χ2n) is 3.99. The molecular formula is C13H18ClNO2S. The molecule has 5 heteroatoms. The van der Waals surface area contributed by atoms with Gasteiger partial charge in [0, 0.05) is 17.3 Å². The van der Waals surface area contributed by atoms with Gasteiger partial charge in [0.15, 0.2) is 0 Å². The highest BCUT2D eigenvalue weighted by atomic mass is 35.5. The monoisotopic (exact) mass is 287 g/mol. The molecule has 100 valence electrons. The Balaban J connectivity index is 2.56. The van der Waals surface area contributed by atoms with E-state index in [1.165, 1.54) is 11.8 Å². The second kappa shape index (κ2) is 7.67. The lowest BCUT2D eigenvalue weighted by Gasteiger charge is -2.13. The fraction of sp³-hybridized carbons (Fsp3) is 0.462. The summed E-state index contributed by atoms with van der Waals surface area (Å²) >= 11 is 7.53. The Morgan fingerprint density at radius 2 is 2.28 bits per heavy atom. The first-order valence-electron chi connectivity index (χ1n) is 5.84. The van der Waals surface area contributed by atoms with E-state index in [1.54, 1.807) is 6.07 Å². The molecule has 3 nitrogen and oxygen atoms in total. The van der Waals surface area contributed by atoms with E-state index in [-0.39, 0.29) is 17.8 Å². The molecule has 0 aliphatic heterocycles. The Morgan fingerprint density at radius 1 is 1.56 bits per heavy atom. The first kappa shape index (κ1) is 15.3. The predicted molar refractivity (Wildman–Crippen MR) is 78.4 cm³/mol. The summed E-state index contributed by atoms with van der Waals surface area (Å²) in [6.07, 6.45) is 0.707. The molecular weight excluding hydrogens is 270 g/mol. The number of amides is 1. The van der Waals surface area contributed by atoms with Crippen molar-refractivity contribution in [1.82, 2.24) is 0 Å². The van der Waals surface area contributed by atoms with Gasteiger partial charge in [0.1, 0.15) is 0 Å². The van der Waals surface area contributed by atoms with E-state index in [9.17, 15) is 4.79 Å². The van der Waals surface area contributed by atoms with Crippen LogP contribution in [0.15, 0.2) is 18.2 Å². The normalized spacial score (nSPS) is 12.2. The van der Waals surface area contributed by atoms with E-state index in [2.05, 4.69) is 5.32 Å². The van der Waals surface area contributed by atoms with Crippen LogP contribution in [0.3, 0.4) is 0 Å². The third kappa shape index (κ3) is 4.52. The molecule has 0 saturated carbocycles. The van der Waals surface area contributed by atoms with Crippen LogP contribution >= 0.6 is 23.4 Å². The number of hydrogen-bond acceptors (Lipinski definition) is 3. The van der Waals surface area contributed by atoms with Crippen molar-refractivity contribution in [2.45, 2.75) is 25.5 Å². The number of halogens is 1. The van der Waals surface area contributed by atoms with Gasteiger partial charge < -0.3 is 10.4 Å². The highest BCUT2D eigenvalue weighted by molar-refractivity contribution is 8.00. The van der Waals surface area contributed by atoms with E-state index >= 15 is 0 Å². The van der Waals surface area contributed by atoms with Crippen molar-refractivity contribution in [1.29, 1.82) is 0 Å². The quantitative estimate of drug-likeness (QED) is 0.791. The summed E-state index contributed by atoms with van der Waals surface area (Å²) < 4.78 is 0. The minimum Gasteiger partial charge on any atom is -0.396 e. The molecule has 1 unspecified atom stereocenters. The number of hydrogen-bond donors (Lipinski definition) is 2. The number of carbonyl (C=O) groups is 1. The molecule has 0 fully saturated rings. The van der Waals surface area contributed by atoms with Crippen LogP contribution in [-0.4, -0.2) is 28.6 Å². The zero-order valence-electron chi connectivity index (χ0n) is 10.6.